The molecule has 3 rings (SSSR count). The molecule has 0 unspecified atom stereocenters. The van der Waals surface area contributed by atoms with Gasteiger partial charge in [-0.3, -0.25) is 9.10 Å². The molecule has 0 spiro atoms. The monoisotopic (exact) mass is 550 g/mol. The summed E-state index contributed by atoms with van der Waals surface area (Å²) < 4.78 is 51.3. The van der Waals surface area contributed by atoms with Gasteiger partial charge in [-0.1, -0.05) is 40.2 Å². The third-order valence-electron chi connectivity index (χ3n) is 4.84. The van der Waals surface area contributed by atoms with Crippen molar-refractivity contribution in [3.8, 4) is 11.5 Å². The van der Waals surface area contributed by atoms with Crippen molar-refractivity contribution < 1.29 is 27.1 Å². The van der Waals surface area contributed by atoms with Crippen LogP contribution in [0.5, 0.6) is 11.5 Å². The van der Waals surface area contributed by atoms with Gasteiger partial charge in [0.2, 0.25) is 10.0 Å². The Balaban J connectivity index is 1.60. The standard InChI is InChI=1S/C24H24BrFN2O5S/c1-32-22-5-3-4-6-23(22)33-14-13-27-24(29)18-9-7-17(8-10-18)16-28(34(2,30)31)21-12-11-19(25)15-20(21)26/h3-12,15H,13-14,16H2,1-2H3,(H,27,29). The van der Waals surface area contributed by atoms with Gasteiger partial charge in [0, 0.05) is 10.0 Å². The molecule has 10 heteroatoms. The first-order valence-corrected chi connectivity index (χ1v) is 12.9. The second-order valence-electron chi connectivity index (χ2n) is 7.32. The zero-order chi connectivity index (χ0) is 24.7. The summed E-state index contributed by atoms with van der Waals surface area (Å²) in [6.07, 6.45) is 1.02. The SMILES string of the molecule is COc1ccccc1OCCNC(=O)c1ccc(CN(c2ccc(Br)cc2F)S(C)(=O)=O)cc1. The Morgan fingerprint density at radius 3 is 2.35 bits per heavy atom. The molecule has 0 aliphatic rings. The minimum atomic E-state index is -3.75. The summed E-state index contributed by atoms with van der Waals surface area (Å²) in [6.45, 7) is 0.460. The fourth-order valence-electron chi connectivity index (χ4n) is 3.16. The minimum Gasteiger partial charge on any atom is -0.493 e. The lowest BCUT2D eigenvalue weighted by Crippen LogP contribution is -2.30. The molecule has 0 aromatic heterocycles. The van der Waals surface area contributed by atoms with Gasteiger partial charge in [0.05, 0.1) is 32.1 Å². The van der Waals surface area contributed by atoms with E-state index in [2.05, 4.69) is 21.2 Å². The number of sulfonamides is 1. The highest BCUT2D eigenvalue weighted by molar-refractivity contribution is 9.10. The first-order chi connectivity index (χ1) is 16.2. The molecule has 0 fully saturated rings. The van der Waals surface area contributed by atoms with Crippen molar-refractivity contribution in [3.63, 3.8) is 0 Å². The zero-order valence-corrected chi connectivity index (χ0v) is 21.0. The average Bonchev–Trinajstić information content (AvgIpc) is 2.80. The van der Waals surface area contributed by atoms with Crippen LogP contribution in [0.4, 0.5) is 10.1 Å². The molecule has 1 amide bonds. The maximum Gasteiger partial charge on any atom is 0.251 e. The van der Waals surface area contributed by atoms with Gasteiger partial charge in [0.25, 0.3) is 5.91 Å². The minimum absolute atomic E-state index is 0.0532. The van der Waals surface area contributed by atoms with E-state index < -0.39 is 15.8 Å². The third-order valence-corrected chi connectivity index (χ3v) is 6.46. The fraction of sp³-hybridized carbons (Fsp3) is 0.208. The van der Waals surface area contributed by atoms with Crippen LogP contribution in [0.2, 0.25) is 0 Å². The van der Waals surface area contributed by atoms with E-state index in [1.807, 2.05) is 12.1 Å². The third kappa shape index (κ3) is 6.71. The molecule has 0 heterocycles. The van der Waals surface area contributed by atoms with Crippen molar-refractivity contribution in [1.29, 1.82) is 0 Å². The number of nitrogens with zero attached hydrogens (tertiary/aromatic N) is 1. The molecule has 0 aliphatic carbocycles. The van der Waals surface area contributed by atoms with Gasteiger partial charge in [0.15, 0.2) is 11.5 Å². The molecule has 7 nitrogen and oxygen atoms in total. The largest absolute Gasteiger partial charge is 0.493 e. The second kappa shape index (κ2) is 11.3. The maximum absolute atomic E-state index is 14.4. The Morgan fingerprint density at radius 2 is 1.74 bits per heavy atom. The molecule has 1 N–H and O–H groups in total. The highest BCUT2D eigenvalue weighted by atomic mass is 79.9. The van der Waals surface area contributed by atoms with Gasteiger partial charge >= 0.3 is 0 Å². The topological polar surface area (TPSA) is 84.9 Å². The van der Waals surface area contributed by atoms with E-state index in [9.17, 15) is 17.6 Å². The first kappa shape index (κ1) is 25.5. The van der Waals surface area contributed by atoms with Gasteiger partial charge in [-0.25, -0.2) is 12.8 Å². The van der Waals surface area contributed by atoms with Gasteiger partial charge in [-0.05, 0) is 48.0 Å². The van der Waals surface area contributed by atoms with E-state index in [0.717, 1.165) is 10.6 Å². The average molecular weight is 551 g/mol. The van der Waals surface area contributed by atoms with Crippen LogP contribution in [-0.4, -0.2) is 40.8 Å². The maximum atomic E-state index is 14.4. The number of halogens is 2. The molecule has 0 saturated carbocycles. The van der Waals surface area contributed by atoms with E-state index in [1.54, 1.807) is 49.6 Å². The summed E-state index contributed by atoms with van der Waals surface area (Å²) in [5.74, 6) is 0.233. The van der Waals surface area contributed by atoms with Crippen LogP contribution in [0.3, 0.4) is 0 Å². The number of hydrogen-bond donors (Lipinski definition) is 1. The molecule has 0 aliphatic heterocycles. The van der Waals surface area contributed by atoms with Gasteiger partial charge in [-0.2, -0.15) is 0 Å². The van der Waals surface area contributed by atoms with Crippen LogP contribution in [0.25, 0.3) is 0 Å². The second-order valence-corrected chi connectivity index (χ2v) is 10.1. The van der Waals surface area contributed by atoms with Crippen LogP contribution < -0.4 is 19.1 Å². The lowest BCUT2D eigenvalue weighted by molar-refractivity contribution is 0.0947. The summed E-state index contributed by atoms with van der Waals surface area (Å²) >= 11 is 3.17. The van der Waals surface area contributed by atoms with Crippen LogP contribution in [0, 0.1) is 5.82 Å². The van der Waals surface area contributed by atoms with E-state index >= 15 is 0 Å². The number of carbonyl (C=O) groups excluding carboxylic acids is 1. The number of para-hydroxylation sites is 2. The van der Waals surface area contributed by atoms with Crippen molar-refractivity contribution in [2.24, 2.45) is 0 Å². The molecule has 3 aromatic rings. The van der Waals surface area contributed by atoms with Gasteiger partial charge < -0.3 is 14.8 Å². The van der Waals surface area contributed by atoms with Crippen molar-refractivity contribution in [1.82, 2.24) is 5.32 Å². The van der Waals surface area contributed by atoms with Crippen LogP contribution in [0.15, 0.2) is 71.2 Å². The number of rotatable bonds is 10. The molecule has 0 radical (unpaired) electrons. The Bertz CT molecular complexity index is 1250. The molecular formula is C24H24BrFN2O5S. The van der Waals surface area contributed by atoms with Crippen LogP contribution in [-0.2, 0) is 16.6 Å². The van der Waals surface area contributed by atoms with Crippen LogP contribution >= 0.6 is 15.9 Å². The number of amides is 1. The number of benzene rings is 3. The lowest BCUT2D eigenvalue weighted by Gasteiger charge is -2.23. The van der Waals surface area contributed by atoms with Crippen LogP contribution in [0.1, 0.15) is 15.9 Å². The normalized spacial score (nSPS) is 11.1. The molecule has 0 bridgehead atoms. The number of carbonyl (C=O) groups is 1. The van der Waals surface area contributed by atoms with Crippen molar-refractivity contribution in [3.05, 3.63) is 88.1 Å². The van der Waals surface area contributed by atoms with Crippen molar-refractivity contribution in [2.45, 2.75) is 6.54 Å². The summed E-state index contributed by atoms with van der Waals surface area (Å²) in [5, 5.41) is 2.76. The molecule has 0 saturated heterocycles. The Labute approximate surface area is 206 Å². The smallest absolute Gasteiger partial charge is 0.251 e. The van der Waals surface area contributed by atoms with E-state index in [4.69, 9.17) is 9.47 Å². The highest BCUT2D eigenvalue weighted by Gasteiger charge is 2.21. The number of methoxy groups -OCH3 is 1. The summed E-state index contributed by atoms with van der Waals surface area (Å²) in [4.78, 5) is 12.4. The molecule has 180 valence electrons. The predicted octanol–water partition coefficient (Wildman–Crippen LogP) is 4.37. The van der Waals surface area contributed by atoms with E-state index in [0.29, 0.717) is 27.1 Å². The summed E-state index contributed by atoms with van der Waals surface area (Å²) in [7, 11) is -2.19. The number of anilines is 1. The Morgan fingerprint density at radius 1 is 1.06 bits per heavy atom. The van der Waals surface area contributed by atoms with Crippen molar-refractivity contribution >= 4 is 37.5 Å². The van der Waals surface area contributed by atoms with Gasteiger partial charge in [0.1, 0.15) is 12.4 Å². The number of hydrogen-bond acceptors (Lipinski definition) is 5. The van der Waals surface area contributed by atoms with Crippen molar-refractivity contribution in [2.75, 3.05) is 30.8 Å². The number of nitrogens with one attached hydrogen (secondary N) is 1. The predicted molar refractivity (Wildman–Crippen MR) is 132 cm³/mol. The number of ether oxygens (including phenoxy) is 2. The highest BCUT2D eigenvalue weighted by Crippen LogP contribution is 2.27. The first-order valence-electron chi connectivity index (χ1n) is 10.2. The molecule has 0 atom stereocenters. The lowest BCUT2D eigenvalue weighted by atomic mass is 10.1. The summed E-state index contributed by atoms with van der Waals surface area (Å²) in [5.41, 5.74) is 0.952. The quantitative estimate of drug-likeness (QED) is 0.379. The Hall–Kier alpha value is -3.11. The summed E-state index contributed by atoms with van der Waals surface area (Å²) in [6, 6.07) is 17.8. The Kier molecular flexibility index (Phi) is 8.51. The van der Waals surface area contributed by atoms with E-state index in [1.165, 1.54) is 12.1 Å². The molecular weight excluding hydrogens is 527 g/mol. The van der Waals surface area contributed by atoms with E-state index in [-0.39, 0.29) is 31.3 Å². The molecule has 3 aromatic carbocycles. The fourth-order valence-corrected chi connectivity index (χ4v) is 4.38. The zero-order valence-electron chi connectivity index (χ0n) is 18.6. The van der Waals surface area contributed by atoms with Gasteiger partial charge in [-0.15, -0.1) is 0 Å². The molecule has 34 heavy (non-hydrogen) atoms.